The molecule has 0 atom stereocenters. The fourth-order valence-electron chi connectivity index (χ4n) is 2.01. The van der Waals surface area contributed by atoms with Crippen molar-refractivity contribution in [2.45, 2.75) is 13.3 Å². The minimum absolute atomic E-state index is 0.628. The first-order chi connectivity index (χ1) is 10.3. The van der Waals surface area contributed by atoms with Gasteiger partial charge in [-0.3, -0.25) is 4.99 Å². The Bertz CT molecular complexity index is 545. The van der Waals surface area contributed by atoms with Crippen molar-refractivity contribution in [3.05, 3.63) is 36.3 Å². The first kappa shape index (κ1) is 15.3. The maximum atomic E-state index is 5.00. The molecule has 0 bridgehead atoms. The van der Waals surface area contributed by atoms with Crippen molar-refractivity contribution in [2.75, 3.05) is 33.4 Å². The highest BCUT2D eigenvalue weighted by molar-refractivity contribution is 5.79. The third-order valence-corrected chi connectivity index (χ3v) is 3.00. The van der Waals surface area contributed by atoms with E-state index in [1.54, 1.807) is 7.11 Å². The number of rotatable bonds is 7. The highest BCUT2D eigenvalue weighted by Crippen LogP contribution is 2.04. The van der Waals surface area contributed by atoms with Gasteiger partial charge in [0.05, 0.1) is 18.8 Å². The predicted molar refractivity (Wildman–Crippen MR) is 84.8 cm³/mol. The first-order valence-electron chi connectivity index (χ1n) is 7.27. The van der Waals surface area contributed by atoms with E-state index in [4.69, 9.17) is 4.74 Å². The Balaban J connectivity index is 1.84. The van der Waals surface area contributed by atoms with Gasteiger partial charge in [0, 0.05) is 39.0 Å². The zero-order chi connectivity index (χ0) is 14.9. The predicted octanol–water partition coefficient (Wildman–Crippen LogP) is 1.08. The summed E-state index contributed by atoms with van der Waals surface area (Å²) in [7, 11) is 1.68. The molecule has 2 heterocycles. The van der Waals surface area contributed by atoms with Gasteiger partial charge in [-0.1, -0.05) is 6.07 Å². The quantitative estimate of drug-likeness (QED) is 0.455. The highest BCUT2D eigenvalue weighted by atomic mass is 16.5. The number of hydrogen-bond donors (Lipinski definition) is 2. The smallest absolute Gasteiger partial charge is 0.191 e. The van der Waals surface area contributed by atoms with Crippen LogP contribution in [0.5, 0.6) is 0 Å². The Morgan fingerprint density at radius 2 is 2.29 bits per heavy atom. The largest absolute Gasteiger partial charge is 0.383 e. The molecule has 0 aromatic carbocycles. The van der Waals surface area contributed by atoms with Gasteiger partial charge in [-0.2, -0.15) is 0 Å². The fourth-order valence-corrected chi connectivity index (χ4v) is 2.01. The molecule has 2 rings (SSSR count). The second kappa shape index (κ2) is 8.26. The number of fused-ring (bicyclic) bond motifs is 1. The number of guanidine groups is 1. The van der Waals surface area contributed by atoms with Crippen LogP contribution in [0.2, 0.25) is 0 Å². The molecule has 0 saturated heterocycles. The van der Waals surface area contributed by atoms with Crippen LogP contribution in [0.4, 0.5) is 0 Å². The van der Waals surface area contributed by atoms with Crippen molar-refractivity contribution in [3.63, 3.8) is 0 Å². The van der Waals surface area contributed by atoms with E-state index in [9.17, 15) is 0 Å². The SMILES string of the molecule is CCNC(=NCCOC)NCCc1cn2ccccc2n1. The molecule has 0 aliphatic rings. The van der Waals surface area contributed by atoms with E-state index in [1.165, 1.54) is 0 Å². The van der Waals surface area contributed by atoms with Crippen LogP contribution in [-0.2, 0) is 11.2 Å². The number of hydrogen-bond acceptors (Lipinski definition) is 3. The molecular formula is C15H23N5O. The summed E-state index contributed by atoms with van der Waals surface area (Å²) in [5.74, 6) is 0.818. The lowest BCUT2D eigenvalue weighted by Gasteiger charge is -2.10. The Morgan fingerprint density at radius 3 is 3.05 bits per heavy atom. The highest BCUT2D eigenvalue weighted by Gasteiger charge is 2.02. The summed E-state index contributed by atoms with van der Waals surface area (Å²) in [6, 6.07) is 6.01. The van der Waals surface area contributed by atoms with E-state index in [0.717, 1.165) is 36.8 Å². The molecule has 2 aromatic rings. The van der Waals surface area contributed by atoms with Gasteiger partial charge < -0.3 is 19.8 Å². The summed E-state index contributed by atoms with van der Waals surface area (Å²) in [6.45, 7) is 4.97. The molecule has 0 spiro atoms. The summed E-state index contributed by atoms with van der Waals surface area (Å²) >= 11 is 0. The van der Waals surface area contributed by atoms with E-state index in [2.05, 4.69) is 33.7 Å². The summed E-state index contributed by atoms with van der Waals surface area (Å²) in [4.78, 5) is 8.99. The standard InChI is InChI=1S/C15H23N5O/c1-3-16-15(18-9-11-21-2)17-8-7-13-12-20-10-5-4-6-14(20)19-13/h4-6,10,12H,3,7-9,11H2,1-2H3,(H2,16,17,18). The van der Waals surface area contributed by atoms with Crippen LogP contribution in [0.25, 0.3) is 5.65 Å². The van der Waals surface area contributed by atoms with E-state index < -0.39 is 0 Å². The summed E-state index contributed by atoms with van der Waals surface area (Å²) in [6.07, 6.45) is 4.93. The van der Waals surface area contributed by atoms with Crippen molar-refractivity contribution in [3.8, 4) is 0 Å². The summed E-state index contributed by atoms with van der Waals surface area (Å²) in [5.41, 5.74) is 2.05. The molecule has 2 N–H and O–H groups in total. The van der Waals surface area contributed by atoms with Gasteiger partial charge in [-0.25, -0.2) is 4.98 Å². The molecule has 0 aliphatic carbocycles. The summed E-state index contributed by atoms with van der Waals surface area (Å²) < 4.78 is 7.04. The van der Waals surface area contributed by atoms with Gasteiger partial charge in [0.25, 0.3) is 0 Å². The molecule has 0 unspecified atom stereocenters. The maximum absolute atomic E-state index is 5.00. The third kappa shape index (κ3) is 4.75. The lowest BCUT2D eigenvalue weighted by molar-refractivity contribution is 0.208. The Kier molecular flexibility index (Phi) is 6.02. The molecule has 21 heavy (non-hydrogen) atoms. The zero-order valence-electron chi connectivity index (χ0n) is 12.7. The van der Waals surface area contributed by atoms with Crippen LogP contribution < -0.4 is 10.6 Å². The van der Waals surface area contributed by atoms with Crippen molar-refractivity contribution in [1.82, 2.24) is 20.0 Å². The van der Waals surface area contributed by atoms with E-state index in [-0.39, 0.29) is 0 Å². The number of aromatic nitrogens is 2. The molecule has 0 fully saturated rings. The monoisotopic (exact) mass is 289 g/mol. The van der Waals surface area contributed by atoms with Crippen LogP contribution in [0.1, 0.15) is 12.6 Å². The van der Waals surface area contributed by atoms with Crippen LogP contribution in [0, 0.1) is 0 Å². The van der Waals surface area contributed by atoms with Gasteiger partial charge in [-0.05, 0) is 19.1 Å². The molecule has 6 heteroatoms. The van der Waals surface area contributed by atoms with E-state index in [0.29, 0.717) is 13.2 Å². The maximum Gasteiger partial charge on any atom is 0.191 e. The van der Waals surface area contributed by atoms with Crippen LogP contribution in [-0.4, -0.2) is 48.7 Å². The zero-order valence-corrected chi connectivity index (χ0v) is 12.7. The second-order valence-corrected chi connectivity index (χ2v) is 4.63. The minimum atomic E-state index is 0.628. The number of imidazole rings is 1. The van der Waals surface area contributed by atoms with Crippen molar-refractivity contribution in [1.29, 1.82) is 0 Å². The first-order valence-corrected chi connectivity index (χ1v) is 7.27. The molecule has 0 saturated carbocycles. The van der Waals surface area contributed by atoms with Crippen molar-refractivity contribution >= 4 is 11.6 Å². The molecule has 0 radical (unpaired) electrons. The summed E-state index contributed by atoms with van der Waals surface area (Å²) in [5, 5.41) is 6.52. The van der Waals surface area contributed by atoms with Gasteiger partial charge in [-0.15, -0.1) is 0 Å². The average molecular weight is 289 g/mol. The molecule has 2 aromatic heterocycles. The molecule has 0 amide bonds. The minimum Gasteiger partial charge on any atom is -0.383 e. The van der Waals surface area contributed by atoms with E-state index >= 15 is 0 Å². The topological polar surface area (TPSA) is 63.0 Å². The van der Waals surface area contributed by atoms with E-state index in [1.807, 2.05) is 28.8 Å². The Hall–Kier alpha value is -2.08. The molecule has 114 valence electrons. The van der Waals surface area contributed by atoms with Gasteiger partial charge in [0.15, 0.2) is 5.96 Å². The number of ether oxygens (including phenoxy) is 1. The number of nitrogens with zero attached hydrogens (tertiary/aromatic N) is 3. The lowest BCUT2D eigenvalue weighted by Crippen LogP contribution is -2.38. The van der Waals surface area contributed by atoms with Gasteiger partial charge in [0.1, 0.15) is 5.65 Å². The number of pyridine rings is 1. The average Bonchev–Trinajstić information content (AvgIpc) is 2.90. The number of nitrogens with one attached hydrogen (secondary N) is 2. The van der Waals surface area contributed by atoms with Crippen LogP contribution in [0.15, 0.2) is 35.6 Å². The normalized spacial score (nSPS) is 11.8. The molecule has 6 nitrogen and oxygen atoms in total. The second-order valence-electron chi connectivity index (χ2n) is 4.63. The molecular weight excluding hydrogens is 266 g/mol. The van der Waals surface area contributed by atoms with Gasteiger partial charge >= 0.3 is 0 Å². The third-order valence-electron chi connectivity index (χ3n) is 3.00. The number of aliphatic imine (C=N–C) groups is 1. The Labute approximate surface area is 125 Å². The fraction of sp³-hybridized carbons (Fsp3) is 0.467. The van der Waals surface area contributed by atoms with Crippen LogP contribution >= 0.6 is 0 Å². The number of methoxy groups -OCH3 is 1. The lowest BCUT2D eigenvalue weighted by atomic mass is 10.3. The Morgan fingerprint density at radius 1 is 1.38 bits per heavy atom. The molecule has 0 aliphatic heterocycles. The van der Waals surface area contributed by atoms with Gasteiger partial charge in [0.2, 0.25) is 0 Å². The van der Waals surface area contributed by atoms with Crippen molar-refractivity contribution in [2.24, 2.45) is 4.99 Å². The van der Waals surface area contributed by atoms with Crippen LogP contribution in [0.3, 0.4) is 0 Å². The van der Waals surface area contributed by atoms with Crippen molar-refractivity contribution < 1.29 is 4.74 Å².